The summed E-state index contributed by atoms with van der Waals surface area (Å²) in [5.74, 6) is -0.657. The normalized spacial score (nSPS) is 18.4. The molecule has 0 atom stereocenters. The Hall–Kier alpha value is -2.77. The van der Waals surface area contributed by atoms with E-state index in [4.69, 9.17) is 11.6 Å². The molecule has 0 N–H and O–H groups in total. The summed E-state index contributed by atoms with van der Waals surface area (Å²) in [6, 6.07) is 17.1. The van der Waals surface area contributed by atoms with Crippen molar-refractivity contribution >= 4 is 52.2 Å². The molecular formula is C22H20ClN3O3S. The second kappa shape index (κ2) is 8.93. The minimum atomic E-state index is -0.443. The average molecular weight is 442 g/mol. The Kier molecular flexibility index (Phi) is 6.11. The van der Waals surface area contributed by atoms with Crippen LogP contribution in [0, 0.1) is 0 Å². The van der Waals surface area contributed by atoms with Crippen molar-refractivity contribution in [3.8, 4) is 0 Å². The Morgan fingerprint density at radius 1 is 1.00 bits per heavy atom. The predicted molar refractivity (Wildman–Crippen MR) is 119 cm³/mol. The summed E-state index contributed by atoms with van der Waals surface area (Å²) in [5.41, 5.74) is 1.86. The van der Waals surface area contributed by atoms with Crippen LogP contribution in [0.5, 0.6) is 0 Å². The molecule has 0 saturated carbocycles. The van der Waals surface area contributed by atoms with Crippen molar-refractivity contribution in [1.82, 2.24) is 9.80 Å². The minimum absolute atomic E-state index is 0.214. The van der Waals surface area contributed by atoms with E-state index < -0.39 is 11.1 Å². The largest absolute Gasteiger partial charge is 0.368 e. The van der Waals surface area contributed by atoms with Gasteiger partial charge in [-0.25, -0.2) is 0 Å². The van der Waals surface area contributed by atoms with Gasteiger partial charge in [0.1, 0.15) is 6.54 Å². The van der Waals surface area contributed by atoms with E-state index in [9.17, 15) is 14.4 Å². The topological polar surface area (TPSA) is 60.9 Å². The Morgan fingerprint density at radius 2 is 1.73 bits per heavy atom. The number of halogens is 1. The van der Waals surface area contributed by atoms with Crippen LogP contribution in [-0.2, 0) is 9.59 Å². The third kappa shape index (κ3) is 4.52. The fourth-order valence-electron chi connectivity index (χ4n) is 3.47. The quantitative estimate of drug-likeness (QED) is 0.676. The Balaban J connectivity index is 1.37. The van der Waals surface area contributed by atoms with Crippen LogP contribution in [0.1, 0.15) is 5.56 Å². The van der Waals surface area contributed by atoms with Crippen molar-refractivity contribution in [1.29, 1.82) is 0 Å². The van der Waals surface area contributed by atoms with Crippen molar-refractivity contribution in [2.24, 2.45) is 0 Å². The van der Waals surface area contributed by atoms with E-state index in [0.29, 0.717) is 36.1 Å². The predicted octanol–water partition coefficient (Wildman–Crippen LogP) is 3.73. The standard InChI is InChI=1S/C22H20ClN3O3S/c23-17-6-4-5-16(13-17)14-19-21(28)26(22(29)30-19)15-20(27)25-11-9-24(10-12-25)18-7-2-1-3-8-18/h1-8,13-14H,9-12,15H2/b19-14+. The van der Waals surface area contributed by atoms with Gasteiger partial charge in [-0.1, -0.05) is 41.9 Å². The zero-order chi connectivity index (χ0) is 21.1. The fraction of sp³-hybridized carbons (Fsp3) is 0.227. The van der Waals surface area contributed by atoms with Crippen LogP contribution in [0.3, 0.4) is 0 Å². The number of hydrogen-bond acceptors (Lipinski definition) is 5. The highest BCUT2D eigenvalue weighted by Gasteiger charge is 2.37. The molecule has 0 bridgehead atoms. The van der Waals surface area contributed by atoms with Gasteiger partial charge in [0, 0.05) is 36.9 Å². The molecule has 2 saturated heterocycles. The Morgan fingerprint density at radius 3 is 2.43 bits per heavy atom. The lowest BCUT2D eigenvalue weighted by Gasteiger charge is -2.36. The number of hydrogen-bond donors (Lipinski definition) is 0. The Bertz CT molecular complexity index is 1000. The summed E-state index contributed by atoms with van der Waals surface area (Å²) in [7, 11) is 0. The first-order valence-electron chi connectivity index (χ1n) is 9.60. The van der Waals surface area contributed by atoms with Crippen LogP contribution in [0.25, 0.3) is 6.08 Å². The molecule has 0 aromatic heterocycles. The van der Waals surface area contributed by atoms with Crippen LogP contribution < -0.4 is 4.90 Å². The lowest BCUT2D eigenvalue weighted by atomic mass is 10.2. The van der Waals surface area contributed by atoms with E-state index >= 15 is 0 Å². The molecular weight excluding hydrogens is 422 g/mol. The molecule has 154 valence electrons. The lowest BCUT2D eigenvalue weighted by molar-refractivity contribution is -0.136. The first kappa shape index (κ1) is 20.5. The first-order valence-corrected chi connectivity index (χ1v) is 10.8. The second-order valence-corrected chi connectivity index (χ2v) is 8.46. The van der Waals surface area contributed by atoms with Gasteiger partial charge in [0.15, 0.2) is 0 Å². The molecule has 2 aromatic carbocycles. The third-order valence-electron chi connectivity index (χ3n) is 5.07. The molecule has 2 aromatic rings. The molecule has 0 radical (unpaired) electrons. The van der Waals surface area contributed by atoms with E-state index in [1.165, 1.54) is 0 Å². The van der Waals surface area contributed by atoms with E-state index in [0.717, 1.165) is 27.9 Å². The van der Waals surface area contributed by atoms with Crippen LogP contribution in [-0.4, -0.2) is 59.6 Å². The molecule has 2 heterocycles. The average Bonchev–Trinajstić information content (AvgIpc) is 3.02. The molecule has 0 spiro atoms. The molecule has 30 heavy (non-hydrogen) atoms. The van der Waals surface area contributed by atoms with Crippen LogP contribution >= 0.6 is 23.4 Å². The molecule has 2 aliphatic heterocycles. The molecule has 6 nitrogen and oxygen atoms in total. The van der Waals surface area contributed by atoms with Gasteiger partial charge in [0.25, 0.3) is 11.1 Å². The van der Waals surface area contributed by atoms with E-state index in [1.54, 1.807) is 35.2 Å². The smallest absolute Gasteiger partial charge is 0.294 e. The number of piperazine rings is 1. The monoisotopic (exact) mass is 441 g/mol. The second-order valence-electron chi connectivity index (χ2n) is 7.03. The minimum Gasteiger partial charge on any atom is -0.368 e. The maximum absolute atomic E-state index is 12.7. The Labute approximate surface area is 184 Å². The number of carbonyl (C=O) groups excluding carboxylic acids is 3. The van der Waals surface area contributed by atoms with Gasteiger partial charge in [-0.05, 0) is 47.7 Å². The SMILES string of the molecule is O=C(CN1C(=O)S/C(=C/c2cccc(Cl)c2)C1=O)N1CCN(c2ccccc2)CC1. The van der Waals surface area contributed by atoms with Gasteiger partial charge < -0.3 is 9.80 Å². The molecule has 8 heteroatoms. The zero-order valence-corrected chi connectivity index (χ0v) is 17.7. The highest BCUT2D eigenvalue weighted by atomic mass is 35.5. The summed E-state index contributed by atoms with van der Waals surface area (Å²) in [6.45, 7) is 2.31. The van der Waals surface area contributed by atoms with Gasteiger partial charge in [-0.15, -0.1) is 0 Å². The summed E-state index contributed by atoms with van der Waals surface area (Å²) in [6.07, 6.45) is 1.62. The molecule has 4 rings (SSSR count). The number of amides is 3. The van der Waals surface area contributed by atoms with Crippen molar-refractivity contribution < 1.29 is 14.4 Å². The summed E-state index contributed by atoms with van der Waals surface area (Å²) >= 11 is 6.82. The highest BCUT2D eigenvalue weighted by molar-refractivity contribution is 8.18. The number of thioether (sulfide) groups is 1. The summed E-state index contributed by atoms with van der Waals surface area (Å²) < 4.78 is 0. The summed E-state index contributed by atoms with van der Waals surface area (Å²) in [5, 5.41) is 0.123. The van der Waals surface area contributed by atoms with Crippen molar-refractivity contribution in [3.05, 3.63) is 70.1 Å². The van der Waals surface area contributed by atoms with Crippen molar-refractivity contribution in [2.45, 2.75) is 0 Å². The number of nitrogens with zero attached hydrogens (tertiary/aromatic N) is 3. The summed E-state index contributed by atoms with van der Waals surface area (Å²) in [4.78, 5) is 43.0. The number of anilines is 1. The van der Waals surface area contributed by atoms with Crippen LogP contribution in [0.2, 0.25) is 5.02 Å². The molecule has 0 aliphatic carbocycles. The van der Waals surface area contributed by atoms with Gasteiger partial charge in [-0.2, -0.15) is 0 Å². The number of para-hydroxylation sites is 1. The molecule has 2 fully saturated rings. The highest BCUT2D eigenvalue weighted by Crippen LogP contribution is 2.32. The first-order chi connectivity index (χ1) is 14.5. The zero-order valence-electron chi connectivity index (χ0n) is 16.2. The van der Waals surface area contributed by atoms with Crippen molar-refractivity contribution in [3.63, 3.8) is 0 Å². The fourth-order valence-corrected chi connectivity index (χ4v) is 4.51. The molecule has 2 aliphatic rings. The van der Waals surface area contributed by atoms with Gasteiger partial charge >= 0.3 is 0 Å². The molecule has 0 unspecified atom stereocenters. The third-order valence-corrected chi connectivity index (χ3v) is 6.21. The number of carbonyl (C=O) groups is 3. The van der Waals surface area contributed by atoms with Gasteiger partial charge in [0.2, 0.25) is 5.91 Å². The number of imide groups is 1. The van der Waals surface area contributed by atoms with E-state index in [1.807, 2.05) is 30.3 Å². The van der Waals surface area contributed by atoms with E-state index in [-0.39, 0.29) is 12.5 Å². The lowest BCUT2D eigenvalue weighted by Crippen LogP contribution is -2.51. The maximum atomic E-state index is 12.7. The van der Waals surface area contributed by atoms with Crippen LogP contribution in [0.15, 0.2) is 59.5 Å². The van der Waals surface area contributed by atoms with Crippen molar-refractivity contribution in [2.75, 3.05) is 37.6 Å². The number of rotatable bonds is 4. The number of benzene rings is 2. The maximum Gasteiger partial charge on any atom is 0.294 e. The van der Waals surface area contributed by atoms with Crippen LogP contribution in [0.4, 0.5) is 10.5 Å². The molecule has 3 amide bonds. The van der Waals surface area contributed by atoms with Gasteiger partial charge in [-0.3, -0.25) is 19.3 Å². The van der Waals surface area contributed by atoms with Gasteiger partial charge in [0.05, 0.1) is 4.91 Å². The van der Waals surface area contributed by atoms with E-state index in [2.05, 4.69) is 4.90 Å².